The Balaban J connectivity index is 2.52. The van der Waals surface area contributed by atoms with Gasteiger partial charge in [-0.3, -0.25) is 0 Å². The topological polar surface area (TPSA) is 46.2 Å². The van der Waals surface area contributed by atoms with Crippen LogP contribution in [0.1, 0.15) is 23.1 Å². The van der Waals surface area contributed by atoms with Crippen molar-refractivity contribution in [3.8, 4) is 5.75 Å². The van der Waals surface area contributed by atoms with Gasteiger partial charge in [0.15, 0.2) is 0 Å². The molecule has 0 bridgehead atoms. The second-order valence-corrected chi connectivity index (χ2v) is 4.31. The standard InChI is InChI=1S/C11H13F2NO/c1-6-3-8(9(15)4-7(6)2)10(14)5-11(10,12)13/h3-4,15H,5,14H2,1-2H3. The minimum atomic E-state index is -2.90. The Morgan fingerprint density at radius 2 is 1.73 bits per heavy atom. The average Bonchev–Trinajstić information content (AvgIpc) is 2.60. The Hall–Kier alpha value is -1.16. The largest absolute Gasteiger partial charge is 0.508 e. The fraction of sp³-hybridized carbons (Fsp3) is 0.455. The zero-order chi connectivity index (χ0) is 11.4. The third kappa shape index (κ3) is 1.32. The number of hydrogen-bond donors (Lipinski definition) is 2. The lowest BCUT2D eigenvalue weighted by Crippen LogP contribution is -2.27. The van der Waals surface area contributed by atoms with E-state index in [2.05, 4.69) is 0 Å². The van der Waals surface area contributed by atoms with E-state index in [1.165, 1.54) is 6.07 Å². The number of halogens is 2. The van der Waals surface area contributed by atoms with Crippen molar-refractivity contribution in [1.29, 1.82) is 0 Å². The van der Waals surface area contributed by atoms with Crippen molar-refractivity contribution in [3.63, 3.8) is 0 Å². The van der Waals surface area contributed by atoms with E-state index < -0.39 is 17.9 Å². The first kappa shape index (κ1) is 10.4. The monoisotopic (exact) mass is 213 g/mol. The highest BCUT2D eigenvalue weighted by Gasteiger charge is 2.70. The summed E-state index contributed by atoms with van der Waals surface area (Å²) in [6.07, 6.45) is -0.393. The van der Waals surface area contributed by atoms with Crippen LogP contribution in [0.4, 0.5) is 8.78 Å². The lowest BCUT2D eigenvalue weighted by molar-refractivity contribution is 0.0884. The zero-order valence-electron chi connectivity index (χ0n) is 8.64. The minimum absolute atomic E-state index is 0.141. The number of rotatable bonds is 1. The molecular weight excluding hydrogens is 200 g/mol. The van der Waals surface area contributed by atoms with Crippen LogP contribution in [-0.4, -0.2) is 11.0 Å². The first-order valence-corrected chi connectivity index (χ1v) is 4.75. The Morgan fingerprint density at radius 3 is 2.20 bits per heavy atom. The molecule has 82 valence electrons. The van der Waals surface area contributed by atoms with Gasteiger partial charge in [-0.15, -0.1) is 0 Å². The molecule has 1 aliphatic rings. The van der Waals surface area contributed by atoms with Crippen LogP contribution in [0, 0.1) is 13.8 Å². The van der Waals surface area contributed by atoms with E-state index >= 15 is 0 Å². The molecule has 4 heteroatoms. The molecule has 0 aromatic heterocycles. The summed E-state index contributed by atoms with van der Waals surface area (Å²) in [5.74, 6) is -3.04. The Labute approximate surface area is 86.7 Å². The van der Waals surface area contributed by atoms with Gasteiger partial charge in [-0.2, -0.15) is 0 Å². The molecule has 1 aromatic rings. The van der Waals surface area contributed by atoms with Crippen LogP contribution in [0.2, 0.25) is 0 Å². The fourth-order valence-corrected chi connectivity index (χ4v) is 1.76. The molecule has 3 N–H and O–H groups in total. The van der Waals surface area contributed by atoms with Crippen LogP contribution < -0.4 is 5.73 Å². The molecule has 1 unspecified atom stereocenters. The molecule has 0 amide bonds. The summed E-state index contributed by atoms with van der Waals surface area (Å²) >= 11 is 0. The Kier molecular flexibility index (Phi) is 1.86. The molecule has 1 fully saturated rings. The van der Waals surface area contributed by atoms with Crippen molar-refractivity contribution in [2.45, 2.75) is 31.7 Å². The third-order valence-corrected chi connectivity index (χ3v) is 3.12. The second kappa shape index (κ2) is 2.70. The average molecular weight is 213 g/mol. The van der Waals surface area contributed by atoms with E-state index in [0.29, 0.717) is 0 Å². The van der Waals surface area contributed by atoms with Crippen LogP contribution in [-0.2, 0) is 5.54 Å². The van der Waals surface area contributed by atoms with Crippen molar-refractivity contribution < 1.29 is 13.9 Å². The summed E-state index contributed by atoms with van der Waals surface area (Å²) in [4.78, 5) is 0. The molecule has 1 saturated carbocycles. The van der Waals surface area contributed by atoms with Crippen LogP contribution in [0.25, 0.3) is 0 Å². The molecular formula is C11H13F2NO. The molecule has 0 aliphatic heterocycles. The van der Waals surface area contributed by atoms with Crippen molar-refractivity contribution in [2.75, 3.05) is 0 Å². The van der Waals surface area contributed by atoms with Gasteiger partial charge in [-0.05, 0) is 31.0 Å². The molecule has 0 heterocycles. The smallest absolute Gasteiger partial charge is 0.272 e. The molecule has 1 atom stereocenters. The number of phenolic OH excluding ortho intramolecular Hbond substituents is 1. The van der Waals surface area contributed by atoms with Crippen molar-refractivity contribution in [3.05, 3.63) is 28.8 Å². The highest BCUT2D eigenvalue weighted by Crippen LogP contribution is 2.59. The van der Waals surface area contributed by atoms with Crippen molar-refractivity contribution in [2.24, 2.45) is 5.73 Å². The van der Waals surface area contributed by atoms with E-state index in [1.807, 2.05) is 13.8 Å². The fourth-order valence-electron chi connectivity index (χ4n) is 1.76. The number of hydrogen-bond acceptors (Lipinski definition) is 2. The van der Waals surface area contributed by atoms with Crippen LogP contribution in [0.3, 0.4) is 0 Å². The van der Waals surface area contributed by atoms with Gasteiger partial charge < -0.3 is 10.8 Å². The van der Waals surface area contributed by atoms with Gasteiger partial charge in [0.2, 0.25) is 0 Å². The molecule has 2 rings (SSSR count). The molecule has 2 nitrogen and oxygen atoms in total. The van der Waals surface area contributed by atoms with Gasteiger partial charge in [0.05, 0.1) is 0 Å². The summed E-state index contributed by atoms with van der Waals surface area (Å²) in [5.41, 5.74) is 5.75. The lowest BCUT2D eigenvalue weighted by Gasteiger charge is -2.14. The second-order valence-electron chi connectivity index (χ2n) is 4.31. The van der Waals surface area contributed by atoms with Gasteiger partial charge in [0.25, 0.3) is 5.92 Å². The molecule has 0 saturated heterocycles. The maximum absolute atomic E-state index is 13.0. The van der Waals surface area contributed by atoms with Gasteiger partial charge in [-0.1, -0.05) is 6.07 Å². The molecule has 15 heavy (non-hydrogen) atoms. The third-order valence-electron chi connectivity index (χ3n) is 3.12. The van der Waals surface area contributed by atoms with Crippen LogP contribution in [0.15, 0.2) is 12.1 Å². The van der Waals surface area contributed by atoms with E-state index in [0.717, 1.165) is 11.1 Å². The summed E-state index contributed by atoms with van der Waals surface area (Å²) in [5, 5.41) is 9.61. The van der Waals surface area contributed by atoms with E-state index in [1.54, 1.807) is 6.07 Å². The predicted molar refractivity (Wildman–Crippen MR) is 53.0 cm³/mol. The summed E-state index contributed by atoms with van der Waals surface area (Å²) in [7, 11) is 0. The van der Waals surface area contributed by atoms with Gasteiger partial charge in [0.1, 0.15) is 11.3 Å². The summed E-state index contributed by atoms with van der Waals surface area (Å²) in [6, 6.07) is 3.03. The van der Waals surface area contributed by atoms with Gasteiger partial charge in [0, 0.05) is 12.0 Å². The Morgan fingerprint density at radius 1 is 1.27 bits per heavy atom. The quantitative estimate of drug-likeness (QED) is 0.751. The first-order valence-electron chi connectivity index (χ1n) is 4.75. The molecule has 0 radical (unpaired) electrons. The molecule has 1 aromatic carbocycles. The lowest BCUT2D eigenvalue weighted by atomic mass is 9.98. The minimum Gasteiger partial charge on any atom is -0.508 e. The van der Waals surface area contributed by atoms with E-state index in [-0.39, 0.29) is 11.3 Å². The number of nitrogens with two attached hydrogens (primary N) is 1. The number of aryl methyl sites for hydroxylation is 2. The van der Waals surface area contributed by atoms with Crippen LogP contribution in [0.5, 0.6) is 5.75 Å². The van der Waals surface area contributed by atoms with Gasteiger partial charge in [-0.25, -0.2) is 8.78 Å². The molecule has 0 spiro atoms. The summed E-state index contributed by atoms with van der Waals surface area (Å²) in [6.45, 7) is 3.62. The van der Waals surface area contributed by atoms with Gasteiger partial charge >= 0.3 is 0 Å². The van der Waals surface area contributed by atoms with E-state index in [4.69, 9.17) is 5.73 Å². The predicted octanol–water partition coefficient (Wildman–Crippen LogP) is 2.20. The van der Waals surface area contributed by atoms with Crippen LogP contribution >= 0.6 is 0 Å². The van der Waals surface area contributed by atoms with E-state index in [9.17, 15) is 13.9 Å². The Bertz CT molecular complexity index is 431. The number of benzene rings is 1. The number of alkyl halides is 2. The molecule has 1 aliphatic carbocycles. The first-order chi connectivity index (χ1) is 6.78. The maximum atomic E-state index is 13.0. The van der Waals surface area contributed by atoms with Crippen molar-refractivity contribution >= 4 is 0 Å². The number of phenols is 1. The SMILES string of the molecule is Cc1cc(O)c(C2(N)CC2(F)F)cc1C. The highest BCUT2D eigenvalue weighted by atomic mass is 19.3. The zero-order valence-corrected chi connectivity index (χ0v) is 8.64. The maximum Gasteiger partial charge on any atom is 0.272 e. The highest BCUT2D eigenvalue weighted by molar-refractivity contribution is 5.49. The van der Waals surface area contributed by atoms with Crippen molar-refractivity contribution in [1.82, 2.24) is 0 Å². The normalized spacial score (nSPS) is 27.8. The number of aromatic hydroxyl groups is 1. The summed E-state index contributed by atoms with van der Waals surface area (Å²) < 4.78 is 26.1.